The van der Waals surface area contributed by atoms with Crippen LogP contribution in [0.15, 0.2) is 18.2 Å². The number of nitrogens with two attached hydrogens (primary N) is 2. The number of carbonyl (C=O) groups is 4. The van der Waals surface area contributed by atoms with Gasteiger partial charge < -0.3 is 52.4 Å². The molecule has 1 aromatic rings. The third-order valence-corrected chi connectivity index (χ3v) is 6.57. The van der Waals surface area contributed by atoms with Crippen LogP contribution in [0.25, 0.3) is 0 Å². The molecule has 38 heavy (non-hydrogen) atoms. The molecule has 0 spiro atoms. The minimum absolute atomic E-state index is 0.0400. The Morgan fingerprint density at radius 3 is 2.42 bits per heavy atom. The third-order valence-electron chi connectivity index (χ3n) is 6.57. The first-order valence-electron chi connectivity index (χ1n) is 12.7. The first-order valence-corrected chi connectivity index (χ1v) is 12.7. The summed E-state index contributed by atoms with van der Waals surface area (Å²) in [5, 5.41) is 30.5. The van der Waals surface area contributed by atoms with Gasteiger partial charge in [-0.15, -0.1) is 0 Å². The third kappa shape index (κ3) is 7.72. The molecule has 3 rings (SSSR count). The Kier molecular flexibility index (Phi) is 10.6. The summed E-state index contributed by atoms with van der Waals surface area (Å²) in [7, 11) is -1.38. The Hall–Kier alpha value is -3.56. The lowest BCUT2D eigenvalue weighted by molar-refractivity contribution is -0.123. The minimum atomic E-state index is -1.38. The zero-order valence-corrected chi connectivity index (χ0v) is 21.2. The Morgan fingerprint density at radius 1 is 1.05 bits per heavy atom. The van der Waals surface area contributed by atoms with Crippen LogP contribution in [-0.2, 0) is 11.2 Å². The molecule has 1 fully saturated rings. The van der Waals surface area contributed by atoms with Crippen LogP contribution in [0.5, 0.6) is 5.75 Å². The zero-order chi connectivity index (χ0) is 27.7. The highest BCUT2D eigenvalue weighted by Crippen LogP contribution is 2.35. The van der Waals surface area contributed by atoms with E-state index in [4.69, 9.17) is 16.1 Å². The summed E-state index contributed by atoms with van der Waals surface area (Å²) < 4.78 is 5.43. The monoisotopic (exact) mass is 533 g/mol. The lowest BCUT2D eigenvalue weighted by Gasteiger charge is -2.43. The summed E-state index contributed by atoms with van der Waals surface area (Å²) >= 11 is 0. The highest BCUT2D eigenvalue weighted by molar-refractivity contribution is 6.47. The summed E-state index contributed by atoms with van der Waals surface area (Å²) in [6, 6.07) is 3.94. The molecule has 1 aromatic carbocycles. The number of aromatic carboxylic acids is 1. The van der Waals surface area contributed by atoms with Gasteiger partial charge in [-0.25, -0.2) is 14.4 Å². The summed E-state index contributed by atoms with van der Waals surface area (Å²) in [4.78, 5) is 50.1. The van der Waals surface area contributed by atoms with E-state index < -0.39 is 19.0 Å². The second kappa shape index (κ2) is 13.8. The van der Waals surface area contributed by atoms with Gasteiger partial charge >= 0.3 is 25.1 Å². The van der Waals surface area contributed by atoms with E-state index in [0.717, 1.165) is 0 Å². The van der Waals surface area contributed by atoms with Gasteiger partial charge in [0, 0.05) is 51.7 Å². The van der Waals surface area contributed by atoms with Crippen molar-refractivity contribution in [3.63, 3.8) is 0 Å². The molecule has 1 aliphatic heterocycles. The van der Waals surface area contributed by atoms with Crippen molar-refractivity contribution in [1.29, 1.82) is 0 Å². The van der Waals surface area contributed by atoms with E-state index in [1.54, 1.807) is 17.0 Å². The molecule has 0 radical (unpaired) electrons. The molecule has 208 valence electrons. The van der Waals surface area contributed by atoms with Crippen molar-refractivity contribution in [2.75, 3.05) is 39.3 Å². The second-order valence-electron chi connectivity index (χ2n) is 9.37. The van der Waals surface area contributed by atoms with E-state index in [-0.39, 0.29) is 60.6 Å². The fourth-order valence-corrected chi connectivity index (χ4v) is 4.63. The molecule has 1 heterocycles. The highest BCUT2D eigenvalue weighted by atomic mass is 16.5. The Bertz CT molecular complexity index is 1010. The molecule has 5 amide bonds. The number of carboxylic acid groups (broad SMARTS) is 1. The topological polar surface area (TPSA) is 221 Å². The molecule has 10 N–H and O–H groups in total. The molecule has 0 saturated heterocycles. The number of carboxylic acids is 1. The fraction of sp³-hybridized carbons (Fsp3) is 0.565. The van der Waals surface area contributed by atoms with Gasteiger partial charge in [0.15, 0.2) is 0 Å². The Balaban J connectivity index is 1.48. The van der Waals surface area contributed by atoms with Crippen LogP contribution in [0.1, 0.15) is 35.2 Å². The van der Waals surface area contributed by atoms with Crippen molar-refractivity contribution < 1.29 is 34.0 Å². The fourth-order valence-electron chi connectivity index (χ4n) is 4.63. The van der Waals surface area contributed by atoms with Gasteiger partial charge in [0.1, 0.15) is 5.75 Å². The maximum atomic E-state index is 12.7. The molecule has 1 saturated carbocycles. The molecule has 14 nitrogen and oxygen atoms in total. The lowest BCUT2D eigenvalue weighted by Crippen LogP contribution is -2.56. The van der Waals surface area contributed by atoms with E-state index in [0.29, 0.717) is 51.1 Å². The number of carbonyl (C=O) groups excluding carboxylic acids is 3. The van der Waals surface area contributed by atoms with E-state index in [2.05, 4.69) is 21.3 Å². The van der Waals surface area contributed by atoms with Crippen LogP contribution < -0.4 is 37.4 Å². The minimum Gasteiger partial charge on any atom is -0.534 e. The summed E-state index contributed by atoms with van der Waals surface area (Å²) in [5.41, 5.74) is 11.4. The number of nitrogens with zero attached hydrogens (tertiary/aromatic N) is 1. The van der Waals surface area contributed by atoms with Crippen molar-refractivity contribution in [3.05, 3.63) is 29.3 Å². The van der Waals surface area contributed by atoms with Gasteiger partial charge in [0.05, 0.1) is 11.5 Å². The number of benzene rings is 1. The maximum Gasteiger partial charge on any atom is 0.547 e. The van der Waals surface area contributed by atoms with Crippen LogP contribution in [0.4, 0.5) is 9.59 Å². The summed E-state index contributed by atoms with van der Waals surface area (Å²) in [6.45, 7) is 1.83. The predicted octanol–water partition coefficient (Wildman–Crippen LogP) is -1.78. The standard InChI is InChI=1S/C23H36BN7O7/c25-4-6-27-22(35)28-8-9-31(23(36)29-7-5-26)16-10-14(11-16)12-19(32)30-18-13-15-2-1-3-17(21(33)34)20(15)38-24(18)37/h1-3,14,16,18,37H,4-13,25-26H2,(H,29,36)(H,30,32)(H,33,34)(H2,27,28,35). The van der Waals surface area contributed by atoms with Crippen LogP contribution in [-0.4, -0.2) is 97.3 Å². The van der Waals surface area contributed by atoms with Gasteiger partial charge in [-0.05, 0) is 36.8 Å². The molecular weight excluding hydrogens is 497 g/mol. The summed E-state index contributed by atoms with van der Waals surface area (Å²) in [6.07, 6.45) is 1.66. The molecule has 1 atom stereocenters. The van der Waals surface area contributed by atoms with Crippen molar-refractivity contribution in [3.8, 4) is 5.75 Å². The van der Waals surface area contributed by atoms with E-state index in [9.17, 15) is 29.3 Å². The van der Waals surface area contributed by atoms with Crippen molar-refractivity contribution in [1.82, 2.24) is 26.2 Å². The van der Waals surface area contributed by atoms with E-state index in [1.807, 2.05) is 0 Å². The van der Waals surface area contributed by atoms with Crippen LogP contribution >= 0.6 is 0 Å². The largest absolute Gasteiger partial charge is 0.547 e. The molecule has 2 aliphatic rings. The Labute approximate surface area is 221 Å². The number of urea groups is 2. The number of rotatable bonds is 12. The van der Waals surface area contributed by atoms with Gasteiger partial charge in [-0.1, -0.05) is 12.1 Å². The molecular formula is C23H36BN7O7. The SMILES string of the molecule is NCCNC(=O)NCCN(C(=O)NCCN)C1CC(CC(=O)NC2Cc3cccc(C(=O)O)c3OB2O)C1. The molecule has 1 aliphatic carbocycles. The average Bonchev–Trinajstić information content (AvgIpc) is 2.86. The van der Waals surface area contributed by atoms with E-state index >= 15 is 0 Å². The van der Waals surface area contributed by atoms with Gasteiger partial charge in [0.25, 0.3) is 0 Å². The predicted molar refractivity (Wildman–Crippen MR) is 138 cm³/mol. The normalized spacial score (nSPS) is 19.8. The molecule has 15 heteroatoms. The van der Waals surface area contributed by atoms with Gasteiger partial charge in [0.2, 0.25) is 5.91 Å². The lowest BCUT2D eigenvalue weighted by atomic mass is 9.71. The number of hydrogen-bond acceptors (Lipinski definition) is 8. The maximum absolute atomic E-state index is 12.7. The molecule has 0 bridgehead atoms. The van der Waals surface area contributed by atoms with Crippen LogP contribution in [0.3, 0.4) is 0 Å². The molecule has 1 unspecified atom stereocenters. The van der Waals surface area contributed by atoms with Crippen molar-refractivity contribution in [2.45, 2.75) is 37.7 Å². The summed E-state index contributed by atoms with van der Waals surface area (Å²) in [5.74, 6) is -1.99. The number of nitrogens with one attached hydrogen (secondary N) is 4. The number of amides is 5. The average molecular weight is 533 g/mol. The van der Waals surface area contributed by atoms with Gasteiger partial charge in [-0.2, -0.15) is 0 Å². The highest BCUT2D eigenvalue weighted by Gasteiger charge is 2.40. The number of fused-ring (bicyclic) bond motifs is 1. The quantitative estimate of drug-likeness (QED) is 0.142. The second-order valence-corrected chi connectivity index (χ2v) is 9.37. The van der Waals surface area contributed by atoms with Crippen LogP contribution in [0, 0.1) is 5.92 Å². The van der Waals surface area contributed by atoms with Crippen molar-refractivity contribution >= 4 is 31.1 Å². The zero-order valence-electron chi connectivity index (χ0n) is 21.2. The van der Waals surface area contributed by atoms with Gasteiger partial charge in [-0.3, -0.25) is 4.79 Å². The first-order chi connectivity index (χ1) is 18.2. The van der Waals surface area contributed by atoms with Crippen LogP contribution in [0.2, 0.25) is 0 Å². The Morgan fingerprint density at radius 2 is 1.74 bits per heavy atom. The van der Waals surface area contributed by atoms with E-state index in [1.165, 1.54) is 6.07 Å². The smallest absolute Gasteiger partial charge is 0.534 e. The number of para-hydroxylation sites is 1. The van der Waals surface area contributed by atoms with Crippen molar-refractivity contribution in [2.24, 2.45) is 17.4 Å². The number of hydrogen-bond donors (Lipinski definition) is 8. The first kappa shape index (κ1) is 29.0. The molecule has 0 aromatic heterocycles.